The monoisotopic (exact) mass is 468 g/mol. The predicted octanol–water partition coefficient (Wildman–Crippen LogP) is 5.08. The van der Waals surface area contributed by atoms with Gasteiger partial charge in [-0.2, -0.15) is 0 Å². The van der Waals surface area contributed by atoms with E-state index in [-0.39, 0.29) is 40.6 Å². The molecule has 0 N–H and O–H groups in total. The molecule has 0 aliphatic heterocycles. The van der Waals surface area contributed by atoms with Crippen molar-refractivity contribution < 1.29 is 37.7 Å². The summed E-state index contributed by atoms with van der Waals surface area (Å²) in [6, 6.07) is 6.96. The molecule has 7 nitrogen and oxygen atoms in total. The van der Waals surface area contributed by atoms with E-state index in [9.17, 15) is 18.8 Å². The van der Waals surface area contributed by atoms with Gasteiger partial charge in [0.2, 0.25) is 0 Å². The van der Waals surface area contributed by atoms with Gasteiger partial charge < -0.3 is 18.9 Å². The predicted molar refractivity (Wildman–Crippen MR) is 124 cm³/mol. The van der Waals surface area contributed by atoms with Gasteiger partial charge in [-0.25, -0.2) is 18.8 Å². The van der Waals surface area contributed by atoms with E-state index in [4.69, 9.17) is 18.9 Å². The molecule has 0 fully saturated rings. The van der Waals surface area contributed by atoms with Gasteiger partial charge in [0.25, 0.3) is 0 Å². The second-order valence-corrected chi connectivity index (χ2v) is 7.55. The average Bonchev–Trinajstić information content (AvgIpc) is 2.76. The lowest BCUT2D eigenvalue weighted by atomic mass is 10.0. The highest BCUT2D eigenvalue weighted by molar-refractivity contribution is 5.92. The van der Waals surface area contributed by atoms with Crippen LogP contribution in [0.25, 0.3) is 11.1 Å². The van der Waals surface area contributed by atoms with Gasteiger partial charge in [-0.15, -0.1) is 0 Å². The summed E-state index contributed by atoms with van der Waals surface area (Å²) in [5, 5.41) is 0. The first kappa shape index (κ1) is 26.2. The van der Waals surface area contributed by atoms with Crippen LogP contribution in [0.3, 0.4) is 0 Å². The van der Waals surface area contributed by atoms with Crippen LogP contribution in [0, 0.1) is 5.82 Å². The Bertz CT molecular complexity index is 1190. The summed E-state index contributed by atoms with van der Waals surface area (Å²) in [6.07, 6.45) is 0. The highest BCUT2D eigenvalue weighted by Crippen LogP contribution is 2.39. The Morgan fingerprint density at radius 2 is 1.29 bits per heavy atom. The van der Waals surface area contributed by atoms with E-state index in [1.807, 2.05) is 0 Å². The fraction of sp³-hybridized carbons (Fsp3) is 0.192. The Labute approximate surface area is 197 Å². The van der Waals surface area contributed by atoms with Crippen molar-refractivity contribution in [3.05, 3.63) is 78.2 Å². The Hall–Kier alpha value is -4.04. The molecule has 0 aliphatic rings. The fourth-order valence-electron chi connectivity index (χ4n) is 2.60. The maximum Gasteiger partial charge on any atom is 0.338 e. The third kappa shape index (κ3) is 6.49. The number of methoxy groups -OCH3 is 1. The molecule has 2 aromatic carbocycles. The molecule has 0 aliphatic carbocycles. The lowest BCUT2D eigenvalue weighted by molar-refractivity contribution is -0.132. The number of hydrogen-bond acceptors (Lipinski definition) is 7. The van der Waals surface area contributed by atoms with E-state index in [2.05, 4.69) is 19.7 Å². The van der Waals surface area contributed by atoms with Gasteiger partial charge in [-0.3, -0.25) is 0 Å². The van der Waals surface area contributed by atoms with Crippen LogP contribution in [0.15, 0.2) is 66.8 Å². The summed E-state index contributed by atoms with van der Waals surface area (Å²) < 4.78 is 35.6. The molecule has 0 unspecified atom stereocenters. The summed E-state index contributed by atoms with van der Waals surface area (Å²) in [6.45, 7) is 14.9. The van der Waals surface area contributed by atoms with Crippen molar-refractivity contribution in [3.8, 4) is 28.4 Å². The molecular weight excluding hydrogens is 443 g/mol. The lowest BCUT2D eigenvalue weighted by Crippen LogP contribution is -2.14. The molecule has 0 aromatic heterocycles. The minimum Gasteiger partial charge on any atom is -0.420 e. The van der Waals surface area contributed by atoms with Gasteiger partial charge in [-0.1, -0.05) is 25.8 Å². The summed E-state index contributed by atoms with van der Waals surface area (Å²) in [7, 11) is 1.43. The molecule has 0 heterocycles. The van der Waals surface area contributed by atoms with Crippen molar-refractivity contribution in [2.45, 2.75) is 27.4 Å². The molecule has 8 heteroatoms. The number of esters is 3. The van der Waals surface area contributed by atoms with Crippen LogP contribution in [0.4, 0.5) is 4.39 Å². The molecule has 0 saturated heterocycles. The summed E-state index contributed by atoms with van der Waals surface area (Å²) in [4.78, 5) is 36.1. The fourth-order valence-corrected chi connectivity index (χ4v) is 2.60. The van der Waals surface area contributed by atoms with Crippen LogP contribution in [-0.4, -0.2) is 25.0 Å². The van der Waals surface area contributed by atoms with E-state index < -0.39 is 23.7 Å². The largest absolute Gasteiger partial charge is 0.420 e. The van der Waals surface area contributed by atoms with Crippen LogP contribution in [0.5, 0.6) is 17.2 Å². The zero-order valence-corrected chi connectivity index (χ0v) is 19.5. The minimum atomic E-state index is -0.793. The van der Waals surface area contributed by atoms with Crippen molar-refractivity contribution in [2.75, 3.05) is 7.11 Å². The maximum absolute atomic E-state index is 14.7. The Morgan fingerprint density at radius 3 is 1.79 bits per heavy atom. The second-order valence-electron chi connectivity index (χ2n) is 7.55. The highest BCUT2D eigenvalue weighted by atomic mass is 19.1. The third-order valence-electron chi connectivity index (χ3n) is 4.34. The summed E-state index contributed by atoms with van der Waals surface area (Å²) in [5.74, 6) is -3.43. The zero-order chi connectivity index (χ0) is 25.6. The van der Waals surface area contributed by atoms with Crippen molar-refractivity contribution in [1.29, 1.82) is 0 Å². The normalized spacial score (nSPS) is 10.3. The molecule has 2 aromatic rings. The van der Waals surface area contributed by atoms with Crippen LogP contribution >= 0.6 is 0 Å². The van der Waals surface area contributed by atoms with E-state index in [0.29, 0.717) is 16.7 Å². The van der Waals surface area contributed by atoms with E-state index >= 15 is 0 Å². The summed E-state index contributed by atoms with van der Waals surface area (Å²) >= 11 is 0. The standard InChI is InChI=1S/C26H25FO7/c1-14(2)24(28)32-21-9-8-17(11-20(21)27)18-10-19(13-31-7)23(34-26(30)16(5)6)22(12-18)33-25(29)15(3)4/h8-12H,1,3,5,13H2,2,4,6-7H3. The van der Waals surface area contributed by atoms with Gasteiger partial charge in [0.1, 0.15) is 0 Å². The smallest absolute Gasteiger partial charge is 0.338 e. The number of benzene rings is 2. The molecule has 0 saturated carbocycles. The van der Waals surface area contributed by atoms with Gasteiger partial charge in [0.05, 0.1) is 6.61 Å². The molecule has 34 heavy (non-hydrogen) atoms. The molecule has 0 radical (unpaired) electrons. The average molecular weight is 468 g/mol. The van der Waals surface area contributed by atoms with Crippen LogP contribution < -0.4 is 14.2 Å². The molecule has 0 amide bonds. The van der Waals surface area contributed by atoms with Crippen molar-refractivity contribution in [1.82, 2.24) is 0 Å². The van der Waals surface area contributed by atoms with Crippen LogP contribution in [0.2, 0.25) is 0 Å². The quantitative estimate of drug-likeness (QED) is 0.288. The van der Waals surface area contributed by atoms with E-state index in [1.165, 1.54) is 46.1 Å². The molecule has 2 rings (SSSR count). The minimum absolute atomic E-state index is 0.0128. The van der Waals surface area contributed by atoms with Crippen LogP contribution in [-0.2, 0) is 25.7 Å². The number of ether oxygens (including phenoxy) is 4. The van der Waals surface area contributed by atoms with Gasteiger partial charge in [0, 0.05) is 29.4 Å². The van der Waals surface area contributed by atoms with E-state index in [0.717, 1.165) is 6.07 Å². The summed E-state index contributed by atoms with van der Waals surface area (Å²) in [5.41, 5.74) is 1.52. The Balaban J connectivity index is 2.62. The second kappa shape index (κ2) is 11.2. The zero-order valence-electron chi connectivity index (χ0n) is 19.5. The molecule has 0 spiro atoms. The number of hydrogen-bond donors (Lipinski definition) is 0. The number of carbonyl (C=O) groups is 3. The first-order chi connectivity index (χ1) is 15.9. The lowest BCUT2D eigenvalue weighted by Gasteiger charge is -2.17. The highest BCUT2D eigenvalue weighted by Gasteiger charge is 2.21. The molecular formula is C26H25FO7. The van der Waals surface area contributed by atoms with Gasteiger partial charge in [0.15, 0.2) is 23.1 Å². The Morgan fingerprint density at radius 1 is 0.765 bits per heavy atom. The molecule has 0 bridgehead atoms. The maximum atomic E-state index is 14.7. The van der Waals surface area contributed by atoms with Gasteiger partial charge >= 0.3 is 17.9 Å². The van der Waals surface area contributed by atoms with Gasteiger partial charge in [-0.05, 0) is 56.2 Å². The topological polar surface area (TPSA) is 88.1 Å². The number of rotatable bonds is 9. The molecule has 178 valence electrons. The van der Waals surface area contributed by atoms with Crippen LogP contribution in [0.1, 0.15) is 26.3 Å². The van der Waals surface area contributed by atoms with Crippen molar-refractivity contribution >= 4 is 17.9 Å². The first-order valence-electron chi connectivity index (χ1n) is 10.0. The van der Waals surface area contributed by atoms with E-state index in [1.54, 1.807) is 6.07 Å². The number of halogens is 1. The SMILES string of the molecule is C=C(C)C(=O)Oc1ccc(-c2cc(COC)c(OC(=O)C(=C)C)c(OC(=O)C(=C)C)c2)cc1F. The first-order valence-corrected chi connectivity index (χ1v) is 10.0. The van der Waals surface area contributed by atoms with Crippen molar-refractivity contribution in [2.24, 2.45) is 0 Å². The Kier molecular flexibility index (Phi) is 8.64. The third-order valence-corrected chi connectivity index (χ3v) is 4.34. The molecule has 0 atom stereocenters. The van der Waals surface area contributed by atoms with Crippen molar-refractivity contribution in [3.63, 3.8) is 0 Å². The number of carbonyl (C=O) groups excluding carboxylic acids is 3.